The summed E-state index contributed by atoms with van der Waals surface area (Å²) in [6, 6.07) is 13.1. The standard InChI is InChI=1S/C21H22N4O5/c1-30-19-5-3-2-4-17(19)24-20(26)14-18(21(24)27)23-12-10-22(11-13-23)15-6-8-16(9-7-15)25(28)29/h2-9,18H,10-14H2,1H3/p+1/t18-/m0/s1. The van der Waals surface area contributed by atoms with E-state index in [0.717, 1.165) is 10.6 Å². The molecule has 30 heavy (non-hydrogen) atoms. The summed E-state index contributed by atoms with van der Waals surface area (Å²) >= 11 is 0. The van der Waals surface area contributed by atoms with Gasteiger partial charge < -0.3 is 14.5 Å². The van der Waals surface area contributed by atoms with E-state index in [-0.39, 0.29) is 23.9 Å². The first-order chi connectivity index (χ1) is 14.5. The maximum absolute atomic E-state index is 13.1. The van der Waals surface area contributed by atoms with Crippen LogP contribution in [0.1, 0.15) is 6.42 Å². The number of non-ortho nitro benzene ring substituents is 1. The van der Waals surface area contributed by atoms with Crippen LogP contribution < -0.4 is 19.4 Å². The zero-order valence-electron chi connectivity index (χ0n) is 16.6. The molecule has 2 fully saturated rings. The Kier molecular flexibility index (Phi) is 5.37. The molecule has 2 aromatic rings. The highest BCUT2D eigenvalue weighted by Crippen LogP contribution is 2.31. The number of methoxy groups -OCH3 is 1. The number of anilines is 2. The van der Waals surface area contributed by atoms with Gasteiger partial charge in [-0.1, -0.05) is 12.1 Å². The van der Waals surface area contributed by atoms with Crippen LogP contribution in [0.15, 0.2) is 48.5 Å². The Balaban J connectivity index is 1.43. The molecule has 0 spiro atoms. The second kappa shape index (κ2) is 8.11. The maximum atomic E-state index is 13.1. The highest BCUT2D eigenvalue weighted by atomic mass is 16.6. The number of para-hydroxylation sites is 2. The minimum atomic E-state index is -0.415. The highest BCUT2D eigenvalue weighted by molar-refractivity contribution is 6.22. The zero-order valence-corrected chi connectivity index (χ0v) is 16.6. The molecular formula is C21H23N4O5+. The fourth-order valence-corrected chi connectivity index (χ4v) is 4.20. The quantitative estimate of drug-likeness (QED) is 0.441. The van der Waals surface area contributed by atoms with Crippen molar-refractivity contribution >= 4 is 28.9 Å². The molecule has 0 unspecified atom stereocenters. The van der Waals surface area contributed by atoms with Gasteiger partial charge in [0.1, 0.15) is 5.75 Å². The molecule has 9 heteroatoms. The maximum Gasteiger partial charge on any atom is 0.292 e. The number of piperazine rings is 1. The van der Waals surface area contributed by atoms with E-state index in [1.807, 2.05) is 0 Å². The number of amides is 2. The van der Waals surface area contributed by atoms with Crippen LogP contribution in [0.3, 0.4) is 0 Å². The molecular weight excluding hydrogens is 388 g/mol. The van der Waals surface area contributed by atoms with Gasteiger partial charge in [-0.3, -0.25) is 19.7 Å². The number of nitrogens with one attached hydrogen (secondary N) is 1. The van der Waals surface area contributed by atoms with Crippen molar-refractivity contribution in [3.05, 3.63) is 58.6 Å². The summed E-state index contributed by atoms with van der Waals surface area (Å²) < 4.78 is 5.32. The van der Waals surface area contributed by atoms with E-state index < -0.39 is 11.0 Å². The van der Waals surface area contributed by atoms with Crippen molar-refractivity contribution in [1.29, 1.82) is 0 Å². The van der Waals surface area contributed by atoms with Crippen molar-refractivity contribution in [2.45, 2.75) is 12.5 Å². The fourth-order valence-electron chi connectivity index (χ4n) is 4.20. The molecule has 0 aliphatic carbocycles. The van der Waals surface area contributed by atoms with Gasteiger partial charge in [-0.15, -0.1) is 0 Å². The van der Waals surface area contributed by atoms with Crippen LogP contribution in [0.2, 0.25) is 0 Å². The number of benzene rings is 2. The second-order valence-electron chi connectivity index (χ2n) is 7.41. The van der Waals surface area contributed by atoms with Crippen LogP contribution in [0.5, 0.6) is 5.75 Å². The second-order valence-corrected chi connectivity index (χ2v) is 7.41. The van der Waals surface area contributed by atoms with Gasteiger partial charge in [0.15, 0.2) is 6.04 Å². The molecule has 4 rings (SSSR count). The summed E-state index contributed by atoms with van der Waals surface area (Å²) in [5, 5.41) is 10.8. The van der Waals surface area contributed by atoms with Crippen LogP contribution in [0.25, 0.3) is 0 Å². The average Bonchev–Trinajstić information content (AvgIpc) is 3.07. The molecule has 0 aromatic heterocycles. The molecule has 1 atom stereocenters. The van der Waals surface area contributed by atoms with Gasteiger partial charge >= 0.3 is 0 Å². The average molecular weight is 411 g/mol. The SMILES string of the molecule is COc1ccccc1N1C(=O)C[C@H]([NH+]2CCN(c3ccc([N+](=O)[O-])cc3)CC2)C1=O. The van der Waals surface area contributed by atoms with Crippen molar-refractivity contribution in [2.24, 2.45) is 0 Å². The number of nitrogens with zero attached hydrogens (tertiary/aromatic N) is 3. The largest absolute Gasteiger partial charge is 0.495 e. The van der Waals surface area contributed by atoms with Crippen LogP contribution in [0.4, 0.5) is 17.1 Å². The predicted octanol–water partition coefficient (Wildman–Crippen LogP) is 0.640. The lowest BCUT2D eigenvalue weighted by atomic mass is 10.1. The summed E-state index contributed by atoms with van der Waals surface area (Å²) in [5.41, 5.74) is 1.47. The van der Waals surface area contributed by atoms with Gasteiger partial charge in [0.05, 0.1) is 50.3 Å². The lowest BCUT2D eigenvalue weighted by Crippen LogP contribution is -3.19. The Morgan fingerprint density at radius 1 is 1.07 bits per heavy atom. The minimum absolute atomic E-state index is 0.0644. The summed E-state index contributed by atoms with van der Waals surface area (Å²) in [5.74, 6) is 0.0981. The van der Waals surface area contributed by atoms with Gasteiger partial charge in [-0.05, 0) is 24.3 Å². The lowest BCUT2D eigenvalue weighted by Gasteiger charge is -2.35. The summed E-state index contributed by atoms with van der Waals surface area (Å²) in [4.78, 5) is 40.6. The van der Waals surface area contributed by atoms with Gasteiger partial charge in [0.25, 0.3) is 11.6 Å². The number of carbonyl (C=O) groups excluding carboxylic acids is 2. The first-order valence-corrected chi connectivity index (χ1v) is 9.83. The zero-order chi connectivity index (χ0) is 21.3. The Bertz CT molecular complexity index is 970. The Morgan fingerprint density at radius 3 is 2.37 bits per heavy atom. The van der Waals surface area contributed by atoms with Gasteiger partial charge in [-0.25, -0.2) is 4.90 Å². The van der Waals surface area contributed by atoms with Gasteiger partial charge in [0.2, 0.25) is 5.91 Å². The summed E-state index contributed by atoms with van der Waals surface area (Å²) in [7, 11) is 1.52. The number of ether oxygens (including phenoxy) is 1. The number of carbonyl (C=O) groups is 2. The predicted molar refractivity (Wildman–Crippen MR) is 110 cm³/mol. The number of rotatable bonds is 5. The topological polar surface area (TPSA) is 97.4 Å². The smallest absolute Gasteiger partial charge is 0.292 e. The highest BCUT2D eigenvalue weighted by Gasteiger charge is 2.47. The van der Waals surface area contributed by atoms with Crippen molar-refractivity contribution < 1.29 is 24.1 Å². The molecule has 0 saturated carbocycles. The summed E-state index contributed by atoms with van der Waals surface area (Å²) in [6.07, 6.45) is 0.184. The van der Waals surface area contributed by atoms with Gasteiger partial charge in [-0.2, -0.15) is 0 Å². The lowest BCUT2D eigenvalue weighted by molar-refractivity contribution is -0.915. The van der Waals surface area contributed by atoms with E-state index in [1.54, 1.807) is 36.4 Å². The molecule has 2 aliphatic rings. The summed E-state index contributed by atoms with van der Waals surface area (Å²) in [6.45, 7) is 2.83. The Morgan fingerprint density at radius 2 is 1.73 bits per heavy atom. The first-order valence-electron chi connectivity index (χ1n) is 9.83. The molecule has 1 N–H and O–H groups in total. The van der Waals surface area contributed by atoms with Crippen molar-refractivity contribution in [3.8, 4) is 5.75 Å². The first kappa shape index (κ1) is 19.8. The molecule has 9 nitrogen and oxygen atoms in total. The number of nitro groups is 1. The van der Waals surface area contributed by atoms with Crippen LogP contribution in [-0.2, 0) is 9.59 Å². The van der Waals surface area contributed by atoms with E-state index in [9.17, 15) is 19.7 Å². The number of imide groups is 1. The third-order valence-electron chi connectivity index (χ3n) is 5.80. The molecule has 2 heterocycles. The Labute approximate surface area is 173 Å². The van der Waals surface area contributed by atoms with Gasteiger partial charge in [0, 0.05) is 17.8 Å². The minimum Gasteiger partial charge on any atom is -0.495 e. The number of hydrogen-bond donors (Lipinski definition) is 1. The van der Waals surface area contributed by atoms with E-state index in [4.69, 9.17) is 4.74 Å². The fraction of sp³-hybridized carbons (Fsp3) is 0.333. The third kappa shape index (κ3) is 3.59. The Hall–Kier alpha value is -3.46. The molecule has 156 valence electrons. The van der Waals surface area contributed by atoms with Crippen molar-refractivity contribution in [1.82, 2.24) is 0 Å². The van der Waals surface area contributed by atoms with Crippen LogP contribution in [0, 0.1) is 10.1 Å². The molecule has 2 amide bonds. The van der Waals surface area contributed by atoms with Crippen molar-refractivity contribution in [3.63, 3.8) is 0 Å². The van der Waals surface area contributed by atoms with Crippen molar-refractivity contribution in [2.75, 3.05) is 43.1 Å². The van der Waals surface area contributed by atoms with E-state index >= 15 is 0 Å². The molecule has 2 aliphatic heterocycles. The molecule has 2 saturated heterocycles. The van der Waals surface area contributed by atoms with E-state index in [1.165, 1.54) is 24.1 Å². The monoisotopic (exact) mass is 411 g/mol. The van der Waals surface area contributed by atoms with Crippen LogP contribution in [-0.4, -0.2) is 56.1 Å². The molecule has 0 bridgehead atoms. The third-order valence-corrected chi connectivity index (χ3v) is 5.80. The normalized spacial score (nSPS) is 20.0. The molecule has 2 aromatic carbocycles. The van der Waals surface area contributed by atoms with Crippen LogP contribution >= 0.6 is 0 Å². The number of quaternary nitrogens is 1. The molecule has 0 radical (unpaired) electrons. The number of nitro benzene ring substituents is 1. The van der Waals surface area contributed by atoms with E-state index in [0.29, 0.717) is 37.6 Å². The number of hydrogen-bond acceptors (Lipinski definition) is 6. The van der Waals surface area contributed by atoms with E-state index in [2.05, 4.69) is 4.90 Å².